The normalized spacial score (nSPS) is 14.0. The van der Waals surface area contributed by atoms with Gasteiger partial charge >= 0.3 is 0 Å². The molecule has 496 valence electrons. The first-order valence-electron chi connectivity index (χ1n) is 30.9. The summed E-state index contributed by atoms with van der Waals surface area (Å²) < 4.78 is 0. The molecule has 28 heteroatoms. The van der Waals surface area contributed by atoms with Crippen molar-refractivity contribution < 1.29 is 43.2 Å². The molecule has 9 atom stereocenters. The molecule has 3 aromatic rings. The summed E-state index contributed by atoms with van der Waals surface area (Å²) in [7, 11) is 0. The van der Waals surface area contributed by atoms with Gasteiger partial charge in [-0.15, -0.1) is 0 Å². The summed E-state index contributed by atoms with van der Waals surface area (Å²) in [6.07, 6.45) is 3.24. The zero-order valence-corrected chi connectivity index (χ0v) is 52.0. The highest BCUT2D eigenvalue weighted by Crippen LogP contribution is 2.14. The third kappa shape index (κ3) is 29.5. The Kier molecular flexibility index (Phi) is 35.4. The number of unbranched alkanes of at least 4 members (excludes halogenated alkanes) is 3. The van der Waals surface area contributed by atoms with Crippen LogP contribution < -0.4 is 94.1 Å². The van der Waals surface area contributed by atoms with Crippen LogP contribution in [0.1, 0.15) is 114 Å². The number of amides is 9. The van der Waals surface area contributed by atoms with Crippen LogP contribution in [-0.2, 0) is 62.4 Å². The lowest BCUT2D eigenvalue weighted by atomic mass is 10.0. The Hall–Kier alpha value is -8.73. The van der Waals surface area contributed by atoms with Crippen LogP contribution in [0.2, 0.25) is 0 Å². The summed E-state index contributed by atoms with van der Waals surface area (Å²) >= 11 is 0. The Morgan fingerprint density at radius 3 is 0.856 bits per heavy atom. The maximum Gasteiger partial charge on any atom is 0.243 e. The molecule has 0 saturated heterocycles. The van der Waals surface area contributed by atoms with Crippen molar-refractivity contribution in [1.29, 1.82) is 0 Å². The molecule has 0 aliphatic carbocycles. The SMILES string of the molecule is CC(C)[C@H](N)C(=O)N[C@@H](CCCCN)C(=O)N[C@@H](CCCN=C(N)N)C(=O)N[C@@H](Cc1ccccc1)C(=O)N[C@@H](CCCCN)C(=O)N[C@@H](CCCCN)C(=O)N[C@@H](Cc1ccccc1)C(=O)N[C@@H](Cc1ccccc1)C(=O)N[C@@H](CCCN=C(N)N)C(N)=O. The number of nitrogens with two attached hydrogens (primary N) is 9. The smallest absolute Gasteiger partial charge is 0.243 e. The van der Waals surface area contributed by atoms with Crippen molar-refractivity contribution in [3.8, 4) is 0 Å². The fourth-order valence-corrected chi connectivity index (χ4v) is 9.50. The van der Waals surface area contributed by atoms with Gasteiger partial charge in [-0.3, -0.25) is 53.1 Å². The number of aliphatic imine (C=N–C) groups is 2. The van der Waals surface area contributed by atoms with Gasteiger partial charge in [0.25, 0.3) is 0 Å². The predicted molar refractivity (Wildman–Crippen MR) is 346 cm³/mol. The quantitative estimate of drug-likeness (QED) is 0.0159. The maximum absolute atomic E-state index is 14.8. The average Bonchev–Trinajstić information content (AvgIpc) is 2.87. The topological polar surface area (TPSA) is 509 Å². The van der Waals surface area contributed by atoms with Crippen molar-refractivity contribution in [1.82, 2.24) is 42.5 Å². The zero-order valence-electron chi connectivity index (χ0n) is 52.0. The van der Waals surface area contributed by atoms with Gasteiger partial charge in [0.05, 0.1) is 6.04 Å². The van der Waals surface area contributed by atoms with Crippen molar-refractivity contribution in [3.05, 3.63) is 108 Å². The highest BCUT2D eigenvalue weighted by Gasteiger charge is 2.35. The summed E-state index contributed by atoms with van der Waals surface area (Å²) in [5.41, 5.74) is 53.4. The molecule has 0 radical (unpaired) electrons. The lowest BCUT2D eigenvalue weighted by molar-refractivity contribution is -0.136. The van der Waals surface area contributed by atoms with Crippen LogP contribution in [-0.4, -0.2) is 152 Å². The number of nitrogens with one attached hydrogen (secondary N) is 8. The first-order chi connectivity index (χ1) is 43.1. The summed E-state index contributed by atoms with van der Waals surface area (Å²) in [4.78, 5) is 136. The molecule has 0 heterocycles. The van der Waals surface area contributed by atoms with E-state index in [1.165, 1.54) is 0 Å². The number of benzene rings is 3. The first-order valence-corrected chi connectivity index (χ1v) is 30.9. The molecule has 9 amide bonds. The highest BCUT2D eigenvalue weighted by molar-refractivity contribution is 5.98. The minimum Gasteiger partial charge on any atom is -0.370 e. The number of guanidine groups is 2. The summed E-state index contributed by atoms with van der Waals surface area (Å²) in [6, 6.07) is 15.3. The largest absolute Gasteiger partial charge is 0.370 e. The van der Waals surface area contributed by atoms with E-state index in [-0.39, 0.29) is 108 Å². The Bertz CT molecular complexity index is 2750. The number of carbonyl (C=O) groups is 9. The van der Waals surface area contributed by atoms with E-state index in [9.17, 15) is 43.2 Å². The third-order valence-corrected chi connectivity index (χ3v) is 14.7. The highest BCUT2D eigenvalue weighted by atomic mass is 16.2. The molecule has 0 saturated carbocycles. The molecule has 3 aromatic carbocycles. The first kappa shape index (κ1) is 75.5. The van der Waals surface area contributed by atoms with E-state index in [4.69, 9.17) is 51.6 Å². The number of hydrogen-bond donors (Lipinski definition) is 17. The third-order valence-electron chi connectivity index (χ3n) is 14.7. The number of primary amides is 1. The standard InChI is InChI=1S/C62H99N19O9/c1-39(2)51(66)60(90)78-46(28-14-17-33-65)54(84)76-47(30-19-35-73-62(70)71)56(86)79-49(37-41-22-8-4-9-23-41)58(88)77-44(26-12-15-31-63)53(83)75-45(27-13-16-32-64)55(85)80-50(38-42-24-10-5-11-25-42)59(89)81-48(36-40-20-6-3-7-21-40)57(87)74-43(52(67)82)29-18-34-72-61(68)69/h3-11,20-25,39,43-51H,12-19,26-38,63-66H2,1-2H3,(H2,67,82)(H,74,87)(H,75,83)(H,76,84)(H,77,88)(H,78,90)(H,79,86)(H,80,85)(H,81,89)(H4,68,69,72)(H4,70,71,73)/t43-,44-,45-,46-,47-,48-,49-,50-,51-/m0/s1. The van der Waals surface area contributed by atoms with Crippen molar-refractivity contribution in [2.45, 2.75) is 171 Å². The second-order valence-electron chi connectivity index (χ2n) is 22.5. The van der Waals surface area contributed by atoms with Gasteiger partial charge in [0.1, 0.15) is 48.3 Å². The van der Waals surface area contributed by atoms with Crippen molar-refractivity contribution >= 4 is 65.1 Å². The zero-order chi connectivity index (χ0) is 66.4. The van der Waals surface area contributed by atoms with Crippen LogP contribution in [0, 0.1) is 5.92 Å². The van der Waals surface area contributed by atoms with Gasteiger partial charge < -0.3 is 94.1 Å². The monoisotopic (exact) mass is 1250 g/mol. The summed E-state index contributed by atoms with van der Waals surface area (Å²) in [5, 5.41) is 22.2. The molecule has 0 aromatic heterocycles. The van der Waals surface area contributed by atoms with E-state index < -0.39 is 108 Å². The van der Waals surface area contributed by atoms with Crippen LogP contribution in [0.25, 0.3) is 0 Å². The average molecular weight is 1250 g/mol. The lowest BCUT2D eigenvalue weighted by Crippen LogP contribution is -2.61. The molecule has 0 spiro atoms. The Morgan fingerprint density at radius 2 is 0.589 bits per heavy atom. The van der Waals surface area contributed by atoms with Gasteiger partial charge in [0, 0.05) is 32.4 Å². The van der Waals surface area contributed by atoms with Crippen molar-refractivity contribution in [3.63, 3.8) is 0 Å². The Morgan fingerprint density at radius 1 is 0.344 bits per heavy atom. The Balaban J connectivity index is 2.03. The molecule has 0 bridgehead atoms. The van der Waals surface area contributed by atoms with Gasteiger partial charge in [0.15, 0.2) is 11.9 Å². The van der Waals surface area contributed by atoms with E-state index in [2.05, 4.69) is 52.5 Å². The van der Waals surface area contributed by atoms with Crippen molar-refractivity contribution in [2.75, 3.05) is 32.7 Å². The maximum atomic E-state index is 14.8. The van der Waals surface area contributed by atoms with Crippen LogP contribution in [0.4, 0.5) is 0 Å². The lowest BCUT2D eigenvalue weighted by Gasteiger charge is -2.28. The second kappa shape index (κ2) is 42.2. The molecule has 28 nitrogen and oxygen atoms in total. The van der Waals surface area contributed by atoms with Gasteiger partial charge in [-0.05, 0) is 126 Å². The van der Waals surface area contributed by atoms with Gasteiger partial charge in [-0.25, -0.2) is 0 Å². The Labute approximate surface area is 527 Å². The molecule has 0 aliphatic heterocycles. The minimum absolute atomic E-state index is 0.0147. The molecule has 26 N–H and O–H groups in total. The predicted octanol–water partition coefficient (Wildman–Crippen LogP) is -2.44. The van der Waals surface area contributed by atoms with Crippen LogP contribution in [0.5, 0.6) is 0 Å². The van der Waals surface area contributed by atoms with E-state index in [1.807, 2.05) is 0 Å². The molecule has 0 aliphatic rings. The number of hydrogen-bond acceptors (Lipinski definition) is 15. The summed E-state index contributed by atoms with van der Waals surface area (Å²) in [5.74, 6) is -7.27. The molecule has 0 unspecified atom stereocenters. The van der Waals surface area contributed by atoms with Crippen molar-refractivity contribution in [2.24, 2.45) is 67.5 Å². The minimum atomic E-state index is -1.36. The van der Waals surface area contributed by atoms with Crippen LogP contribution in [0.15, 0.2) is 101 Å². The van der Waals surface area contributed by atoms with E-state index >= 15 is 0 Å². The van der Waals surface area contributed by atoms with Gasteiger partial charge in [-0.2, -0.15) is 0 Å². The fraction of sp³-hybridized carbons (Fsp3) is 0.532. The number of nitrogens with zero attached hydrogens (tertiary/aromatic N) is 2. The molecule has 3 rings (SSSR count). The molecular formula is C62H99N19O9. The number of rotatable bonds is 44. The van der Waals surface area contributed by atoms with E-state index in [1.54, 1.807) is 105 Å². The van der Waals surface area contributed by atoms with Crippen LogP contribution >= 0.6 is 0 Å². The molecular weight excluding hydrogens is 1150 g/mol. The molecule has 90 heavy (non-hydrogen) atoms. The fourth-order valence-electron chi connectivity index (χ4n) is 9.50. The van der Waals surface area contributed by atoms with Gasteiger partial charge in [-0.1, -0.05) is 105 Å². The van der Waals surface area contributed by atoms with Gasteiger partial charge in [0.2, 0.25) is 53.2 Å². The molecule has 0 fully saturated rings. The number of carbonyl (C=O) groups excluding carboxylic acids is 9. The summed E-state index contributed by atoms with van der Waals surface area (Å²) in [6.45, 7) is 4.61. The van der Waals surface area contributed by atoms with E-state index in [0.29, 0.717) is 61.8 Å². The van der Waals surface area contributed by atoms with Crippen LogP contribution in [0.3, 0.4) is 0 Å². The van der Waals surface area contributed by atoms with E-state index in [0.717, 1.165) is 0 Å². The second-order valence-corrected chi connectivity index (χ2v) is 22.5.